The van der Waals surface area contributed by atoms with Gasteiger partial charge in [0.2, 0.25) is 10.0 Å². The lowest BCUT2D eigenvalue weighted by Gasteiger charge is -2.12. The van der Waals surface area contributed by atoms with Crippen molar-refractivity contribution in [3.05, 3.63) is 58.3 Å². The van der Waals surface area contributed by atoms with Crippen molar-refractivity contribution < 1.29 is 8.42 Å². The van der Waals surface area contributed by atoms with Crippen LogP contribution < -0.4 is 4.72 Å². The van der Waals surface area contributed by atoms with Crippen LogP contribution in [0.15, 0.2) is 35.7 Å². The van der Waals surface area contributed by atoms with Crippen LogP contribution in [0.3, 0.4) is 0 Å². The number of nitrogens with zero attached hydrogens (tertiary/aromatic N) is 2. The molecular weight excluding hydrogens is 310 g/mol. The number of rotatable bonds is 6. The van der Waals surface area contributed by atoms with Crippen molar-refractivity contribution in [2.24, 2.45) is 7.05 Å². The standard InChI is InChI=1S/C17H23N3O2S/c1-13(12-17-14(2)18-20(4)15(17)3)19-23(21,22)11-10-16-8-6-5-7-9-16/h5-11,13,19H,12H2,1-4H3/b11-10+/t13-/m1/s1. The third-order valence-corrected chi connectivity index (χ3v) is 5.00. The fraction of sp³-hybridized carbons (Fsp3) is 0.353. The molecule has 124 valence electrons. The second-order valence-electron chi connectivity index (χ2n) is 5.75. The van der Waals surface area contributed by atoms with E-state index in [0.29, 0.717) is 6.42 Å². The van der Waals surface area contributed by atoms with Crippen molar-refractivity contribution in [3.8, 4) is 0 Å². The number of sulfonamides is 1. The van der Waals surface area contributed by atoms with Crippen molar-refractivity contribution in [2.45, 2.75) is 33.2 Å². The molecule has 0 amide bonds. The molecule has 0 fully saturated rings. The normalized spacial score (nSPS) is 13.6. The van der Waals surface area contributed by atoms with Crippen LogP contribution >= 0.6 is 0 Å². The average molecular weight is 333 g/mol. The number of aromatic nitrogens is 2. The minimum Gasteiger partial charge on any atom is -0.272 e. The Morgan fingerprint density at radius 2 is 1.91 bits per heavy atom. The second-order valence-corrected chi connectivity index (χ2v) is 7.35. The van der Waals surface area contributed by atoms with E-state index < -0.39 is 10.0 Å². The molecule has 1 heterocycles. The Bertz CT molecular complexity index is 793. The van der Waals surface area contributed by atoms with Crippen LogP contribution in [0.5, 0.6) is 0 Å². The van der Waals surface area contributed by atoms with Crippen molar-refractivity contribution in [3.63, 3.8) is 0 Å². The molecule has 1 aromatic heterocycles. The van der Waals surface area contributed by atoms with Gasteiger partial charge in [-0.05, 0) is 44.4 Å². The molecule has 0 spiro atoms. The van der Waals surface area contributed by atoms with Crippen molar-refractivity contribution in [2.75, 3.05) is 0 Å². The maximum atomic E-state index is 12.2. The molecule has 1 aromatic carbocycles. The lowest BCUT2D eigenvalue weighted by atomic mass is 10.1. The third-order valence-electron chi connectivity index (χ3n) is 3.77. The van der Waals surface area contributed by atoms with E-state index in [9.17, 15) is 8.42 Å². The van der Waals surface area contributed by atoms with Crippen LogP contribution in [0, 0.1) is 13.8 Å². The van der Waals surface area contributed by atoms with Gasteiger partial charge in [-0.15, -0.1) is 0 Å². The van der Waals surface area contributed by atoms with Gasteiger partial charge in [0.15, 0.2) is 0 Å². The molecule has 2 aromatic rings. The first-order valence-corrected chi connectivity index (χ1v) is 9.07. The summed E-state index contributed by atoms with van der Waals surface area (Å²) in [5, 5.41) is 5.57. The van der Waals surface area contributed by atoms with Gasteiger partial charge in [0.05, 0.1) is 5.69 Å². The van der Waals surface area contributed by atoms with Crippen LogP contribution in [0.1, 0.15) is 29.4 Å². The van der Waals surface area contributed by atoms with Gasteiger partial charge in [-0.1, -0.05) is 30.3 Å². The van der Waals surface area contributed by atoms with E-state index >= 15 is 0 Å². The smallest absolute Gasteiger partial charge is 0.233 e. The summed E-state index contributed by atoms with van der Waals surface area (Å²) in [7, 11) is -1.58. The fourth-order valence-corrected chi connectivity index (χ4v) is 3.57. The highest BCUT2D eigenvalue weighted by atomic mass is 32.2. The number of benzene rings is 1. The summed E-state index contributed by atoms with van der Waals surface area (Å²) < 4.78 is 28.8. The number of hydrogen-bond donors (Lipinski definition) is 1. The van der Waals surface area contributed by atoms with Gasteiger partial charge >= 0.3 is 0 Å². The molecular formula is C17H23N3O2S. The average Bonchev–Trinajstić information content (AvgIpc) is 2.72. The van der Waals surface area contributed by atoms with E-state index in [0.717, 1.165) is 22.5 Å². The van der Waals surface area contributed by atoms with Gasteiger partial charge in [0.25, 0.3) is 0 Å². The maximum absolute atomic E-state index is 12.2. The van der Waals surface area contributed by atoms with E-state index in [-0.39, 0.29) is 6.04 Å². The Balaban J connectivity index is 2.04. The van der Waals surface area contributed by atoms with Gasteiger partial charge in [0, 0.05) is 24.2 Å². The first-order valence-electron chi connectivity index (χ1n) is 7.53. The Morgan fingerprint density at radius 3 is 2.48 bits per heavy atom. The highest BCUT2D eigenvalue weighted by Gasteiger charge is 2.16. The van der Waals surface area contributed by atoms with E-state index in [2.05, 4.69) is 9.82 Å². The van der Waals surface area contributed by atoms with Gasteiger partial charge in [-0.25, -0.2) is 13.1 Å². The van der Waals surface area contributed by atoms with Gasteiger partial charge in [-0.3, -0.25) is 4.68 Å². The molecule has 0 aliphatic rings. The van der Waals surface area contributed by atoms with Crippen molar-refractivity contribution >= 4 is 16.1 Å². The first-order chi connectivity index (χ1) is 10.8. The highest BCUT2D eigenvalue weighted by molar-refractivity contribution is 7.92. The summed E-state index contributed by atoms with van der Waals surface area (Å²) in [6.45, 7) is 5.80. The number of hydrogen-bond acceptors (Lipinski definition) is 3. The molecule has 23 heavy (non-hydrogen) atoms. The summed E-state index contributed by atoms with van der Waals surface area (Å²) in [6.07, 6.45) is 2.21. The van der Waals surface area contributed by atoms with E-state index in [1.165, 1.54) is 5.41 Å². The monoisotopic (exact) mass is 333 g/mol. The summed E-state index contributed by atoms with van der Waals surface area (Å²) in [5.41, 5.74) is 3.95. The van der Waals surface area contributed by atoms with Gasteiger partial charge in [0.1, 0.15) is 0 Å². The largest absolute Gasteiger partial charge is 0.272 e. The molecule has 1 N–H and O–H groups in total. The minimum atomic E-state index is -3.48. The summed E-state index contributed by atoms with van der Waals surface area (Å²) >= 11 is 0. The van der Waals surface area contributed by atoms with Crippen LogP contribution in [-0.4, -0.2) is 24.2 Å². The molecule has 6 heteroatoms. The number of nitrogens with one attached hydrogen (secondary N) is 1. The summed E-state index contributed by atoms with van der Waals surface area (Å²) in [4.78, 5) is 0. The Hall–Kier alpha value is -1.92. The lowest BCUT2D eigenvalue weighted by molar-refractivity contribution is 0.568. The molecule has 2 rings (SSSR count). The third kappa shape index (κ3) is 4.77. The molecule has 0 aliphatic carbocycles. The molecule has 0 bridgehead atoms. The van der Waals surface area contributed by atoms with Gasteiger partial charge < -0.3 is 0 Å². The van der Waals surface area contributed by atoms with Crippen molar-refractivity contribution in [1.82, 2.24) is 14.5 Å². The van der Waals surface area contributed by atoms with Crippen LogP contribution in [-0.2, 0) is 23.5 Å². The Labute approximate surface area is 138 Å². The molecule has 0 aliphatic heterocycles. The van der Waals surface area contributed by atoms with E-state index in [1.54, 1.807) is 6.08 Å². The minimum absolute atomic E-state index is 0.206. The Morgan fingerprint density at radius 1 is 1.26 bits per heavy atom. The molecule has 1 atom stereocenters. The Kier molecular flexibility index (Phi) is 5.38. The molecule has 0 unspecified atom stereocenters. The molecule has 5 nitrogen and oxygen atoms in total. The van der Waals surface area contributed by atoms with Crippen molar-refractivity contribution in [1.29, 1.82) is 0 Å². The molecule has 0 radical (unpaired) electrons. The summed E-state index contributed by atoms with van der Waals surface area (Å²) in [6, 6.07) is 9.15. The second kappa shape index (κ2) is 7.10. The summed E-state index contributed by atoms with van der Waals surface area (Å²) in [5.74, 6) is 0. The van der Waals surface area contributed by atoms with Crippen LogP contribution in [0.25, 0.3) is 6.08 Å². The van der Waals surface area contributed by atoms with Gasteiger partial charge in [-0.2, -0.15) is 5.10 Å². The highest BCUT2D eigenvalue weighted by Crippen LogP contribution is 2.14. The zero-order valence-corrected chi connectivity index (χ0v) is 14.8. The predicted octanol–water partition coefficient (Wildman–Crippen LogP) is 2.56. The number of aryl methyl sites for hydroxylation is 2. The lowest BCUT2D eigenvalue weighted by Crippen LogP contribution is -2.32. The molecule has 0 saturated carbocycles. The maximum Gasteiger partial charge on any atom is 0.233 e. The van der Waals surface area contributed by atoms with E-state index in [1.807, 2.05) is 62.8 Å². The molecule has 0 saturated heterocycles. The fourth-order valence-electron chi connectivity index (χ4n) is 2.51. The predicted molar refractivity (Wildman–Crippen MR) is 93.4 cm³/mol. The van der Waals surface area contributed by atoms with E-state index in [4.69, 9.17) is 0 Å². The van der Waals surface area contributed by atoms with Crippen LogP contribution in [0.2, 0.25) is 0 Å². The topological polar surface area (TPSA) is 64.0 Å². The quantitative estimate of drug-likeness (QED) is 0.883. The SMILES string of the molecule is Cc1nn(C)c(C)c1C[C@@H](C)NS(=O)(=O)/C=C/c1ccccc1. The zero-order valence-electron chi connectivity index (χ0n) is 13.9. The zero-order chi connectivity index (χ0) is 17.0. The first kappa shape index (κ1) is 17.4. The van der Waals surface area contributed by atoms with Crippen LogP contribution in [0.4, 0.5) is 0 Å².